The molecule has 0 spiro atoms. The molecule has 138 valence electrons. The largest absolute Gasteiger partial charge is 0.467 e. The first-order chi connectivity index (χ1) is 12.5. The predicted molar refractivity (Wildman–Crippen MR) is 96.2 cm³/mol. The molecule has 1 heterocycles. The fraction of sp³-hybridized carbons (Fsp3) is 0.444. The van der Waals surface area contributed by atoms with Crippen molar-refractivity contribution < 1.29 is 23.9 Å². The minimum Gasteiger partial charge on any atom is -0.467 e. The first-order valence-corrected chi connectivity index (χ1v) is 9.77. The van der Waals surface area contributed by atoms with E-state index in [9.17, 15) is 19.2 Å². The molecule has 1 aliphatic heterocycles. The Hall–Kier alpha value is -2.35. The van der Waals surface area contributed by atoms with Crippen molar-refractivity contribution in [2.24, 2.45) is 0 Å². The number of benzene rings is 1. The van der Waals surface area contributed by atoms with Gasteiger partial charge in [-0.1, -0.05) is 0 Å². The maximum atomic E-state index is 12.5. The second kappa shape index (κ2) is 7.49. The van der Waals surface area contributed by atoms with Crippen molar-refractivity contribution in [3.05, 3.63) is 34.9 Å². The van der Waals surface area contributed by atoms with Crippen LogP contribution in [0.25, 0.3) is 0 Å². The molecule has 3 amide bonds. The molecule has 1 aromatic carbocycles. The molecule has 2 aliphatic rings. The Morgan fingerprint density at radius 3 is 2.58 bits per heavy atom. The van der Waals surface area contributed by atoms with Gasteiger partial charge in [-0.2, -0.15) is 11.8 Å². The van der Waals surface area contributed by atoms with E-state index in [1.54, 1.807) is 11.8 Å². The average molecular weight is 376 g/mol. The Morgan fingerprint density at radius 2 is 1.96 bits per heavy atom. The smallest absolute Gasteiger partial charge is 0.328 e. The fourth-order valence-corrected chi connectivity index (χ4v) is 3.40. The van der Waals surface area contributed by atoms with E-state index in [1.165, 1.54) is 30.2 Å². The number of carbonyl (C=O) groups excluding carboxylic acids is 4. The van der Waals surface area contributed by atoms with Gasteiger partial charge in [0.1, 0.15) is 6.04 Å². The number of rotatable bonds is 7. The number of methoxy groups -OCH3 is 1. The molecule has 1 fully saturated rings. The quantitative estimate of drug-likeness (QED) is 0.572. The van der Waals surface area contributed by atoms with E-state index >= 15 is 0 Å². The summed E-state index contributed by atoms with van der Waals surface area (Å²) in [7, 11) is 1.27. The van der Waals surface area contributed by atoms with Crippen LogP contribution in [0.4, 0.5) is 0 Å². The van der Waals surface area contributed by atoms with E-state index in [1.807, 2.05) is 6.26 Å². The van der Waals surface area contributed by atoms with Gasteiger partial charge in [0.15, 0.2) is 0 Å². The molecule has 1 N–H and O–H groups in total. The van der Waals surface area contributed by atoms with Crippen molar-refractivity contribution in [3.63, 3.8) is 0 Å². The third-order valence-corrected chi connectivity index (χ3v) is 5.14. The summed E-state index contributed by atoms with van der Waals surface area (Å²) in [5, 5.41) is 2.65. The molecule has 0 bridgehead atoms. The van der Waals surface area contributed by atoms with E-state index in [2.05, 4.69) is 5.32 Å². The van der Waals surface area contributed by atoms with E-state index < -0.39 is 17.9 Å². The number of nitrogens with one attached hydrogen (secondary N) is 1. The third kappa shape index (κ3) is 3.46. The van der Waals surface area contributed by atoms with Crippen molar-refractivity contribution in [1.82, 2.24) is 10.2 Å². The van der Waals surface area contributed by atoms with Crippen LogP contribution in [0.2, 0.25) is 0 Å². The highest BCUT2D eigenvalue weighted by Crippen LogP contribution is 2.34. The van der Waals surface area contributed by atoms with E-state index in [0.29, 0.717) is 17.7 Å². The second-order valence-corrected chi connectivity index (χ2v) is 7.29. The lowest BCUT2D eigenvalue weighted by Crippen LogP contribution is -2.42. The van der Waals surface area contributed by atoms with Gasteiger partial charge in [0.25, 0.3) is 17.7 Å². The van der Waals surface area contributed by atoms with Crippen LogP contribution in [0.3, 0.4) is 0 Å². The number of carbonyl (C=O) groups is 4. The van der Waals surface area contributed by atoms with Gasteiger partial charge < -0.3 is 10.1 Å². The highest BCUT2D eigenvalue weighted by atomic mass is 32.2. The Kier molecular flexibility index (Phi) is 5.31. The highest BCUT2D eigenvalue weighted by molar-refractivity contribution is 7.98. The maximum Gasteiger partial charge on any atom is 0.328 e. The molecule has 1 aliphatic carbocycles. The van der Waals surface area contributed by atoms with Gasteiger partial charge in [0.05, 0.1) is 18.2 Å². The molecule has 0 aromatic heterocycles. The number of imide groups is 1. The normalized spacial score (nSPS) is 17.1. The summed E-state index contributed by atoms with van der Waals surface area (Å²) in [5.74, 6) is -0.955. The van der Waals surface area contributed by atoms with Crippen LogP contribution in [-0.4, -0.2) is 59.8 Å². The van der Waals surface area contributed by atoms with E-state index in [0.717, 1.165) is 12.8 Å². The van der Waals surface area contributed by atoms with Crippen LogP contribution in [0.1, 0.15) is 50.3 Å². The van der Waals surface area contributed by atoms with E-state index in [-0.39, 0.29) is 29.0 Å². The molecule has 0 unspecified atom stereocenters. The molecular formula is C18H20N2O5S. The van der Waals surface area contributed by atoms with E-state index in [4.69, 9.17) is 4.74 Å². The summed E-state index contributed by atoms with van der Waals surface area (Å²) in [5.41, 5.74) is 0.805. The number of amides is 3. The van der Waals surface area contributed by atoms with Gasteiger partial charge >= 0.3 is 5.97 Å². The molecule has 1 saturated carbocycles. The van der Waals surface area contributed by atoms with Crippen LogP contribution in [0.15, 0.2) is 18.2 Å². The van der Waals surface area contributed by atoms with Gasteiger partial charge in [-0.3, -0.25) is 19.3 Å². The minimum atomic E-state index is -0.756. The first-order valence-electron chi connectivity index (χ1n) is 8.37. The molecule has 8 heteroatoms. The van der Waals surface area contributed by atoms with Gasteiger partial charge in [-0.05, 0) is 49.5 Å². The van der Waals surface area contributed by atoms with Crippen LogP contribution >= 0.6 is 11.8 Å². The topological polar surface area (TPSA) is 92.8 Å². The van der Waals surface area contributed by atoms with Crippen LogP contribution < -0.4 is 5.32 Å². The number of hydrogen-bond acceptors (Lipinski definition) is 6. The molecule has 0 radical (unpaired) electrons. The Balaban J connectivity index is 1.78. The molecule has 1 aromatic rings. The van der Waals surface area contributed by atoms with Crippen molar-refractivity contribution in [2.75, 3.05) is 19.1 Å². The number of hydrogen-bond donors (Lipinski definition) is 1. The summed E-state index contributed by atoms with van der Waals surface area (Å²) >= 11 is 1.56. The number of nitrogens with zero attached hydrogens (tertiary/aromatic N) is 1. The highest BCUT2D eigenvalue weighted by Gasteiger charge is 2.44. The van der Waals surface area contributed by atoms with Crippen molar-refractivity contribution >= 4 is 35.5 Å². The number of thioether (sulfide) groups is 1. The first kappa shape index (κ1) is 18.4. The maximum absolute atomic E-state index is 12.5. The van der Waals surface area contributed by atoms with Crippen molar-refractivity contribution in [1.29, 1.82) is 0 Å². The second-order valence-electron chi connectivity index (χ2n) is 6.30. The standard InChI is InChI=1S/C18H20N2O5S/c1-25-18(24)14(7-8-26-2)19-15(21)10-3-6-12-13(9-10)17(23)20(16(12)22)11-4-5-11/h3,6,9,11,14H,4-5,7-8H2,1-2H3,(H,19,21)/t14-/m0/s1. The molecular weight excluding hydrogens is 356 g/mol. The Bertz CT molecular complexity index is 775. The van der Waals surface area contributed by atoms with Crippen LogP contribution in [0.5, 0.6) is 0 Å². The fourth-order valence-electron chi connectivity index (χ4n) is 2.93. The summed E-state index contributed by atoms with van der Waals surface area (Å²) in [4.78, 5) is 50.5. The summed E-state index contributed by atoms with van der Waals surface area (Å²) in [6.07, 6.45) is 4.01. The Morgan fingerprint density at radius 1 is 1.27 bits per heavy atom. The van der Waals surface area contributed by atoms with Crippen molar-refractivity contribution in [2.45, 2.75) is 31.3 Å². The lowest BCUT2D eigenvalue weighted by atomic mass is 10.0. The number of esters is 1. The van der Waals surface area contributed by atoms with Gasteiger partial charge in [-0.25, -0.2) is 4.79 Å². The molecule has 7 nitrogen and oxygen atoms in total. The number of fused-ring (bicyclic) bond motifs is 1. The molecule has 0 saturated heterocycles. The lowest BCUT2D eigenvalue weighted by Gasteiger charge is -2.16. The van der Waals surface area contributed by atoms with Crippen molar-refractivity contribution in [3.8, 4) is 0 Å². The molecule has 3 rings (SSSR count). The summed E-state index contributed by atoms with van der Waals surface area (Å²) in [6, 6.07) is 3.65. The minimum absolute atomic E-state index is 0.0186. The third-order valence-electron chi connectivity index (χ3n) is 4.49. The van der Waals surface area contributed by atoms with Gasteiger partial charge in [0, 0.05) is 11.6 Å². The zero-order valence-corrected chi connectivity index (χ0v) is 15.4. The van der Waals surface area contributed by atoms with Gasteiger partial charge in [-0.15, -0.1) is 0 Å². The lowest BCUT2D eigenvalue weighted by molar-refractivity contribution is -0.142. The molecule has 1 atom stereocenters. The monoisotopic (exact) mass is 376 g/mol. The zero-order valence-electron chi connectivity index (χ0n) is 14.6. The van der Waals surface area contributed by atoms with Crippen LogP contribution in [-0.2, 0) is 9.53 Å². The van der Waals surface area contributed by atoms with Gasteiger partial charge in [0.2, 0.25) is 0 Å². The Labute approximate surface area is 155 Å². The molecule has 26 heavy (non-hydrogen) atoms. The van der Waals surface area contributed by atoms with Crippen LogP contribution in [0, 0.1) is 0 Å². The zero-order chi connectivity index (χ0) is 18.8. The summed E-state index contributed by atoms with van der Waals surface area (Å²) in [6.45, 7) is 0. The predicted octanol–water partition coefficient (Wildman–Crippen LogP) is 1.47. The summed E-state index contributed by atoms with van der Waals surface area (Å²) < 4.78 is 4.73. The SMILES string of the molecule is COC(=O)[C@H](CCSC)NC(=O)c1ccc2c(c1)C(=O)N(C1CC1)C2=O. The average Bonchev–Trinajstić information content (AvgIpc) is 3.45. The number of ether oxygens (including phenoxy) is 1.